The molecule has 0 saturated carbocycles. The summed E-state index contributed by atoms with van der Waals surface area (Å²) in [7, 11) is 0. The zero-order valence-corrected chi connectivity index (χ0v) is 18.7. The maximum absolute atomic E-state index is 12.8. The quantitative estimate of drug-likeness (QED) is 0.119. The summed E-state index contributed by atoms with van der Waals surface area (Å²) >= 11 is 0. The van der Waals surface area contributed by atoms with Crippen molar-refractivity contribution in [2.24, 2.45) is 17.4 Å². The number of carbonyl (C=O) groups is 6. The van der Waals surface area contributed by atoms with Gasteiger partial charge in [-0.2, -0.15) is 0 Å². The van der Waals surface area contributed by atoms with Crippen LogP contribution in [0.2, 0.25) is 0 Å². The molecule has 188 valence electrons. The van der Waals surface area contributed by atoms with Crippen molar-refractivity contribution in [3.8, 4) is 0 Å². The van der Waals surface area contributed by atoms with Crippen LogP contribution >= 0.6 is 0 Å². The number of aliphatic hydroxyl groups excluding tert-OH is 1. The minimum Gasteiger partial charge on any atom is -0.481 e. The lowest BCUT2D eigenvalue weighted by Gasteiger charge is -2.28. The lowest BCUT2D eigenvalue weighted by Crippen LogP contribution is -2.60. The highest BCUT2D eigenvalue weighted by molar-refractivity contribution is 5.96. The molecular weight excluding hydrogens is 442 g/mol. The minimum atomic E-state index is -1.59. The van der Waals surface area contributed by atoms with E-state index in [2.05, 4.69) is 16.0 Å². The summed E-state index contributed by atoms with van der Waals surface area (Å²) < 4.78 is 0. The number of nitrogens with two attached hydrogens (primary N) is 2. The molecule has 6 unspecified atom stereocenters. The summed E-state index contributed by atoms with van der Waals surface area (Å²) in [6.07, 6.45) is -2.44. The average Bonchev–Trinajstić information content (AvgIpc) is 2.71. The molecule has 14 nitrogen and oxygen atoms in total. The molecule has 0 rings (SSSR count). The molecule has 0 aliphatic rings. The van der Waals surface area contributed by atoms with Crippen molar-refractivity contribution >= 4 is 35.6 Å². The Labute approximate surface area is 190 Å². The van der Waals surface area contributed by atoms with Crippen LogP contribution in [0.1, 0.15) is 46.5 Å². The number of primary amides is 1. The van der Waals surface area contributed by atoms with Crippen molar-refractivity contribution in [1.29, 1.82) is 0 Å². The van der Waals surface area contributed by atoms with Crippen LogP contribution in [0.5, 0.6) is 0 Å². The van der Waals surface area contributed by atoms with Crippen molar-refractivity contribution in [2.75, 3.05) is 0 Å². The van der Waals surface area contributed by atoms with Gasteiger partial charge in [-0.1, -0.05) is 20.3 Å². The maximum atomic E-state index is 12.8. The smallest absolute Gasteiger partial charge is 0.326 e. The van der Waals surface area contributed by atoms with Gasteiger partial charge in [-0.25, -0.2) is 4.79 Å². The van der Waals surface area contributed by atoms with Gasteiger partial charge in [0.1, 0.15) is 24.2 Å². The van der Waals surface area contributed by atoms with Crippen molar-refractivity contribution in [3.05, 3.63) is 0 Å². The average molecular weight is 475 g/mol. The van der Waals surface area contributed by atoms with Gasteiger partial charge >= 0.3 is 11.9 Å². The van der Waals surface area contributed by atoms with E-state index in [0.29, 0.717) is 6.42 Å². The van der Waals surface area contributed by atoms with Gasteiger partial charge in [0.25, 0.3) is 0 Å². The van der Waals surface area contributed by atoms with E-state index in [1.165, 1.54) is 6.92 Å². The Morgan fingerprint density at radius 2 is 1.42 bits per heavy atom. The second-order valence-electron chi connectivity index (χ2n) is 7.70. The second kappa shape index (κ2) is 14.0. The van der Waals surface area contributed by atoms with Gasteiger partial charge < -0.3 is 42.7 Å². The molecule has 0 aliphatic heterocycles. The van der Waals surface area contributed by atoms with Gasteiger partial charge in [-0.05, 0) is 19.3 Å². The summed E-state index contributed by atoms with van der Waals surface area (Å²) in [6.45, 7) is 4.66. The van der Waals surface area contributed by atoms with Gasteiger partial charge in [-0.3, -0.25) is 24.0 Å². The molecule has 0 bridgehead atoms. The Morgan fingerprint density at radius 3 is 1.85 bits per heavy atom. The van der Waals surface area contributed by atoms with Crippen LogP contribution in [0.3, 0.4) is 0 Å². The summed E-state index contributed by atoms with van der Waals surface area (Å²) in [5.41, 5.74) is 10.7. The molecule has 14 heteroatoms. The predicted octanol–water partition coefficient (Wildman–Crippen LogP) is -2.98. The summed E-state index contributed by atoms with van der Waals surface area (Å²) in [5.74, 6) is -6.97. The van der Waals surface area contributed by atoms with Crippen LogP contribution in [0, 0.1) is 5.92 Å². The van der Waals surface area contributed by atoms with Gasteiger partial charge in [0, 0.05) is 6.42 Å². The highest BCUT2D eigenvalue weighted by atomic mass is 16.4. The van der Waals surface area contributed by atoms with E-state index >= 15 is 0 Å². The van der Waals surface area contributed by atoms with Crippen LogP contribution in [0.4, 0.5) is 0 Å². The molecule has 33 heavy (non-hydrogen) atoms. The molecule has 6 atom stereocenters. The van der Waals surface area contributed by atoms with E-state index in [0.717, 1.165) is 0 Å². The molecule has 0 aromatic carbocycles. The summed E-state index contributed by atoms with van der Waals surface area (Å²) in [4.78, 5) is 71.1. The predicted molar refractivity (Wildman–Crippen MR) is 113 cm³/mol. The number of aliphatic hydroxyl groups is 1. The van der Waals surface area contributed by atoms with Crippen LogP contribution in [0.25, 0.3) is 0 Å². The number of nitrogens with one attached hydrogen (secondary N) is 3. The van der Waals surface area contributed by atoms with Crippen molar-refractivity contribution in [1.82, 2.24) is 16.0 Å². The molecule has 4 amide bonds. The molecule has 0 aromatic heterocycles. The standard InChI is InChI=1S/C19H33N5O9/c1-4-8(2)15(24-17(30)14(21)9(3)25)18(31)23-11(7-12(20)26)16(29)22-10(19(32)33)5-6-13(27)28/h8-11,14-15,25H,4-7,21H2,1-3H3,(H2,20,26)(H,22,29)(H,23,31)(H,24,30)(H,27,28)(H,32,33). The first-order chi connectivity index (χ1) is 15.2. The number of amides is 4. The lowest BCUT2D eigenvalue weighted by molar-refractivity contribution is -0.143. The van der Waals surface area contributed by atoms with Crippen molar-refractivity contribution in [3.63, 3.8) is 0 Å². The van der Waals surface area contributed by atoms with Crippen LogP contribution in [-0.2, 0) is 28.8 Å². The largest absolute Gasteiger partial charge is 0.481 e. The Morgan fingerprint density at radius 1 is 0.879 bits per heavy atom. The number of hydrogen-bond donors (Lipinski definition) is 8. The molecule has 10 N–H and O–H groups in total. The third kappa shape index (κ3) is 10.7. The molecule has 0 heterocycles. The number of hydrogen-bond acceptors (Lipinski definition) is 8. The zero-order valence-electron chi connectivity index (χ0n) is 18.7. The van der Waals surface area contributed by atoms with E-state index in [1.54, 1.807) is 13.8 Å². The minimum absolute atomic E-state index is 0.422. The van der Waals surface area contributed by atoms with E-state index in [4.69, 9.17) is 16.6 Å². The number of carboxylic acids is 2. The monoisotopic (exact) mass is 475 g/mol. The van der Waals surface area contributed by atoms with Crippen LogP contribution < -0.4 is 27.4 Å². The summed E-state index contributed by atoms with van der Waals surface area (Å²) in [5, 5.41) is 34.2. The fraction of sp³-hybridized carbons (Fsp3) is 0.684. The van der Waals surface area contributed by atoms with E-state index in [1.807, 2.05) is 0 Å². The van der Waals surface area contributed by atoms with E-state index in [-0.39, 0.29) is 0 Å². The molecule has 0 fully saturated rings. The molecule has 0 saturated heterocycles. The molecule has 0 radical (unpaired) electrons. The Hall–Kier alpha value is -3.26. The third-order valence-corrected chi connectivity index (χ3v) is 4.92. The number of carbonyl (C=O) groups excluding carboxylic acids is 4. The fourth-order valence-electron chi connectivity index (χ4n) is 2.64. The second-order valence-corrected chi connectivity index (χ2v) is 7.70. The molecule has 0 spiro atoms. The first-order valence-corrected chi connectivity index (χ1v) is 10.3. The summed E-state index contributed by atoms with van der Waals surface area (Å²) in [6, 6.07) is -5.69. The number of aliphatic carboxylic acids is 2. The highest BCUT2D eigenvalue weighted by Gasteiger charge is 2.33. The zero-order chi connectivity index (χ0) is 25.9. The number of rotatable bonds is 15. The molecule has 0 aromatic rings. The van der Waals surface area contributed by atoms with Gasteiger partial charge in [0.2, 0.25) is 23.6 Å². The topological polar surface area (TPSA) is 251 Å². The SMILES string of the molecule is CCC(C)C(NC(=O)C(N)C(C)O)C(=O)NC(CC(N)=O)C(=O)NC(CCC(=O)O)C(=O)O. The Balaban J connectivity index is 5.59. The van der Waals surface area contributed by atoms with Crippen molar-refractivity contribution < 1.29 is 44.1 Å². The molecule has 0 aliphatic carbocycles. The highest BCUT2D eigenvalue weighted by Crippen LogP contribution is 2.10. The molecular formula is C19H33N5O9. The number of carboxylic acid groups (broad SMARTS) is 2. The first-order valence-electron chi connectivity index (χ1n) is 10.3. The maximum Gasteiger partial charge on any atom is 0.326 e. The van der Waals surface area contributed by atoms with Crippen molar-refractivity contribution in [2.45, 2.75) is 76.7 Å². The van der Waals surface area contributed by atoms with Crippen LogP contribution in [0.15, 0.2) is 0 Å². The van der Waals surface area contributed by atoms with Crippen LogP contribution in [-0.4, -0.2) is 81.2 Å². The fourth-order valence-corrected chi connectivity index (χ4v) is 2.64. The van der Waals surface area contributed by atoms with E-state index < -0.39 is 91.0 Å². The normalized spacial score (nSPS) is 16.3. The van der Waals surface area contributed by atoms with Gasteiger partial charge in [0.05, 0.1) is 12.5 Å². The Bertz CT molecular complexity index is 743. The first kappa shape index (κ1) is 29.7. The van der Waals surface area contributed by atoms with Gasteiger partial charge in [-0.15, -0.1) is 0 Å². The van der Waals surface area contributed by atoms with Gasteiger partial charge in [0.15, 0.2) is 0 Å². The Kier molecular flexibility index (Phi) is 12.6. The van der Waals surface area contributed by atoms with E-state index in [9.17, 15) is 39.0 Å². The third-order valence-electron chi connectivity index (χ3n) is 4.92. The lowest BCUT2D eigenvalue weighted by atomic mass is 9.97.